The lowest BCUT2D eigenvalue weighted by molar-refractivity contribution is 0.00562. The fourth-order valence-electron chi connectivity index (χ4n) is 4.18. The number of rotatable bonds is 3. The highest BCUT2D eigenvalue weighted by atomic mass is 35.5. The quantitative estimate of drug-likeness (QED) is 0.816. The normalized spacial score (nSPS) is 29.1. The molecule has 1 amide bonds. The molecule has 0 N–H and O–H groups in total. The number of halogens is 1. The van der Waals surface area contributed by atoms with Crippen molar-refractivity contribution >= 4 is 17.7 Å². The zero-order valence-electron chi connectivity index (χ0n) is 14.9. The molecule has 0 bridgehead atoms. The maximum atomic E-state index is 12.5. The average molecular weight is 352 g/mol. The van der Waals surface area contributed by atoms with Crippen molar-refractivity contribution in [2.75, 3.05) is 26.8 Å². The number of piperidine rings is 1. The van der Waals surface area contributed by atoms with Crippen LogP contribution in [0.4, 0.5) is 4.79 Å². The van der Waals surface area contributed by atoms with Crippen LogP contribution in [-0.2, 0) is 14.9 Å². The predicted octanol–water partition coefficient (Wildman–Crippen LogP) is 4.26. The van der Waals surface area contributed by atoms with Gasteiger partial charge in [-0.05, 0) is 51.3 Å². The van der Waals surface area contributed by atoms with Crippen molar-refractivity contribution in [2.24, 2.45) is 5.41 Å². The highest BCUT2D eigenvalue weighted by molar-refractivity contribution is 6.30. The summed E-state index contributed by atoms with van der Waals surface area (Å²) < 4.78 is 11.1. The number of carbonyl (C=O) groups excluding carboxylic acids is 1. The molecule has 2 aliphatic rings. The molecule has 1 aromatic carbocycles. The summed E-state index contributed by atoms with van der Waals surface area (Å²) in [6.07, 6.45) is 1.74. The Morgan fingerprint density at radius 3 is 2.54 bits per heavy atom. The van der Waals surface area contributed by atoms with Crippen LogP contribution < -0.4 is 0 Å². The number of fused-ring (bicyclic) bond motifs is 1. The van der Waals surface area contributed by atoms with Gasteiger partial charge in [-0.15, -0.1) is 0 Å². The van der Waals surface area contributed by atoms with Gasteiger partial charge in [-0.3, -0.25) is 0 Å². The van der Waals surface area contributed by atoms with Crippen LogP contribution in [-0.4, -0.2) is 43.4 Å². The van der Waals surface area contributed by atoms with Gasteiger partial charge in [-0.1, -0.05) is 23.7 Å². The van der Waals surface area contributed by atoms with E-state index in [4.69, 9.17) is 21.1 Å². The molecule has 1 aliphatic carbocycles. The number of hydrogen-bond acceptors (Lipinski definition) is 3. The largest absolute Gasteiger partial charge is 0.444 e. The second kappa shape index (κ2) is 5.92. The van der Waals surface area contributed by atoms with E-state index >= 15 is 0 Å². The van der Waals surface area contributed by atoms with Gasteiger partial charge in [-0.2, -0.15) is 0 Å². The summed E-state index contributed by atoms with van der Waals surface area (Å²) in [6, 6.07) is 8.12. The van der Waals surface area contributed by atoms with Crippen LogP contribution in [0.3, 0.4) is 0 Å². The molecule has 0 radical (unpaired) electrons. The number of likely N-dealkylation sites (tertiary alicyclic amines) is 1. The summed E-state index contributed by atoms with van der Waals surface area (Å²) in [7, 11) is 1.73. The van der Waals surface area contributed by atoms with Crippen LogP contribution in [0.5, 0.6) is 0 Å². The fourth-order valence-corrected chi connectivity index (χ4v) is 4.31. The molecule has 24 heavy (non-hydrogen) atoms. The van der Waals surface area contributed by atoms with Gasteiger partial charge in [-0.25, -0.2) is 4.79 Å². The minimum atomic E-state index is -0.472. The van der Waals surface area contributed by atoms with E-state index in [0.29, 0.717) is 19.7 Å². The molecule has 0 aromatic heterocycles. The topological polar surface area (TPSA) is 38.8 Å². The van der Waals surface area contributed by atoms with Crippen molar-refractivity contribution in [2.45, 2.75) is 44.6 Å². The van der Waals surface area contributed by atoms with Crippen molar-refractivity contribution in [1.82, 2.24) is 4.90 Å². The fraction of sp³-hybridized carbons (Fsp3) is 0.632. The van der Waals surface area contributed by atoms with E-state index in [1.54, 1.807) is 7.11 Å². The summed E-state index contributed by atoms with van der Waals surface area (Å²) in [5.74, 6) is 0. The minimum Gasteiger partial charge on any atom is -0.444 e. The monoisotopic (exact) mass is 351 g/mol. The molecule has 1 aliphatic heterocycles. The Kier molecular flexibility index (Phi) is 4.33. The van der Waals surface area contributed by atoms with E-state index < -0.39 is 5.60 Å². The first-order valence-electron chi connectivity index (χ1n) is 8.44. The molecule has 3 rings (SSSR count). The number of methoxy groups -OCH3 is 1. The summed E-state index contributed by atoms with van der Waals surface area (Å²) in [5, 5.41) is 0.749. The molecule has 1 heterocycles. The maximum Gasteiger partial charge on any atom is 0.410 e. The van der Waals surface area contributed by atoms with Crippen LogP contribution in [0.15, 0.2) is 24.3 Å². The Morgan fingerprint density at radius 2 is 1.96 bits per heavy atom. The van der Waals surface area contributed by atoms with Gasteiger partial charge in [0, 0.05) is 36.1 Å². The Balaban J connectivity index is 1.80. The first kappa shape index (κ1) is 17.6. The van der Waals surface area contributed by atoms with Crippen LogP contribution in [0.2, 0.25) is 5.02 Å². The number of amides is 1. The second-order valence-electron chi connectivity index (χ2n) is 8.13. The summed E-state index contributed by atoms with van der Waals surface area (Å²) >= 11 is 6.04. The average Bonchev–Trinajstić information content (AvgIpc) is 3.15. The van der Waals surface area contributed by atoms with Gasteiger partial charge in [0.25, 0.3) is 0 Å². The molecule has 5 heteroatoms. The molecule has 1 saturated carbocycles. The Hall–Kier alpha value is -1.26. The van der Waals surface area contributed by atoms with E-state index in [1.165, 1.54) is 5.56 Å². The van der Waals surface area contributed by atoms with E-state index in [-0.39, 0.29) is 16.9 Å². The second-order valence-corrected chi connectivity index (χ2v) is 8.57. The molecule has 132 valence electrons. The molecule has 2 fully saturated rings. The summed E-state index contributed by atoms with van der Waals surface area (Å²) in [4.78, 5) is 14.3. The lowest BCUT2D eigenvalue weighted by Gasteiger charge is -2.38. The van der Waals surface area contributed by atoms with Gasteiger partial charge >= 0.3 is 6.09 Å². The molecule has 1 saturated heterocycles. The number of nitrogens with zero attached hydrogens (tertiary/aromatic N) is 1. The number of hydrogen-bond donors (Lipinski definition) is 0. The summed E-state index contributed by atoms with van der Waals surface area (Å²) in [6.45, 7) is 7.73. The third kappa shape index (κ3) is 3.02. The van der Waals surface area contributed by atoms with E-state index in [2.05, 4.69) is 12.1 Å². The van der Waals surface area contributed by atoms with Gasteiger partial charge in [0.1, 0.15) is 5.60 Å². The number of ether oxygens (including phenoxy) is 2. The molecule has 2 atom stereocenters. The first-order valence-corrected chi connectivity index (χ1v) is 8.82. The van der Waals surface area contributed by atoms with E-state index in [1.807, 2.05) is 37.8 Å². The number of carbonyl (C=O) groups is 1. The Bertz CT molecular complexity index is 624. The lowest BCUT2D eigenvalue weighted by Crippen LogP contribution is -2.48. The maximum absolute atomic E-state index is 12.5. The first-order chi connectivity index (χ1) is 11.2. The highest BCUT2D eigenvalue weighted by Gasteiger charge is 2.70. The SMILES string of the molecule is COCC12CN(C(=O)OC(C)(C)C)CCC1(c1ccc(Cl)cc1)C2. The standard InChI is InChI=1S/C19H26ClNO3/c1-17(2,3)24-16(22)21-10-9-19(11-18(19,12-21)13-23-4)14-5-7-15(20)8-6-14/h5-8H,9-13H2,1-4H3. The van der Waals surface area contributed by atoms with Gasteiger partial charge in [0.05, 0.1) is 6.61 Å². The van der Waals surface area contributed by atoms with Crippen molar-refractivity contribution in [3.8, 4) is 0 Å². The van der Waals surface area contributed by atoms with Crippen LogP contribution in [0.1, 0.15) is 39.2 Å². The van der Waals surface area contributed by atoms with Gasteiger partial charge in [0.2, 0.25) is 0 Å². The van der Waals surface area contributed by atoms with Crippen molar-refractivity contribution in [1.29, 1.82) is 0 Å². The van der Waals surface area contributed by atoms with Crippen molar-refractivity contribution in [3.05, 3.63) is 34.9 Å². The Labute approximate surface area is 149 Å². The smallest absolute Gasteiger partial charge is 0.410 e. The van der Waals surface area contributed by atoms with Crippen molar-refractivity contribution in [3.63, 3.8) is 0 Å². The van der Waals surface area contributed by atoms with Crippen molar-refractivity contribution < 1.29 is 14.3 Å². The zero-order chi connectivity index (χ0) is 17.6. The molecule has 4 nitrogen and oxygen atoms in total. The zero-order valence-corrected chi connectivity index (χ0v) is 15.7. The van der Waals surface area contributed by atoms with Crippen LogP contribution in [0.25, 0.3) is 0 Å². The van der Waals surface area contributed by atoms with Crippen LogP contribution >= 0.6 is 11.6 Å². The molecular weight excluding hydrogens is 326 g/mol. The third-order valence-corrected chi connectivity index (χ3v) is 5.55. The third-order valence-electron chi connectivity index (χ3n) is 5.30. The van der Waals surface area contributed by atoms with E-state index in [0.717, 1.165) is 17.9 Å². The van der Waals surface area contributed by atoms with Crippen LogP contribution in [0, 0.1) is 5.41 Å². The van der Waals surface area contributed by atoms with Gasteiger partial charge < -0.3 is 14.4 Å². The molecule has 0 spiro atoms. The summed E-state index contributed by atoms with van der Waals surface area (Å²) in [5.41, 5.74) is 0.893. The van der Waals surface area contributed by atoms with E-state index in [9.17, 15) is 4.79 Å². The predicted molar refractivity (Wildman–Crippen MR) is 94.5 cm³/mol. The van der Waals surface area contributed by atoms with Gasteiger partial charge in [0.15, 0.2) is 0 Å². The number of benzene rings is 1. The molecule has 2 unspecified atom stereocenters. The molecular formula is C19H26ClNO3. The highest BCUT2D eigenvalue weighted by Crippen LogP contribution is 2.68. The Morgan fingerprint density at radius 1 is 1.29 bits per heavy atom. The minimum absolute atomic E-state index is 0.0231. The lowest BCUT2D eigenvalue weighted by atomic mass is 9.80. The molecule has 1 aromatic rings.